The van der Waals surface area contributed by atoms with Crippen LogP contribution >= 0.6 is 11.6 Å². The van der Waals surface area contributed by atoms with E-state index in [4.69, 9.17) is 11.6 Å². The third-order valence-electron chi connectivity index (χ3n) is 3.62. The normalized spacial score (nSPS) is 11.7. The topological polar surface area (TPSA) is 97.7 Å². The van der Waals surface area contributed by atoms with Gasteiger partial charge in [0.1, 0.15) is 5.65 Å². The highest BCUT2D eigenvalue weighted by molar-refractivity contribution is 6.51. The number of halogens is 1. The molecule has 2 heterocycles. The number of benzene rings is 1. The molecule has 0 atom stereocenters. The van der Waals surface area contributed by atoms with Gasteiger partial charge >= 0.3 is 5.69 Å². The maximum atomic E-state index is 12.2. The molecular weight excluding hydrogens is 346 g/mol. The van der Waals surface area contributed by atoms with E-state index in [1.807, 2.05) is 13.0 Å². The number of hydrogen-bond donors (Lipinski definition) is 1. The number of nitrogens with zero attached hydrogens (tertiary/aromatic N) is 3. The summed E-state index contributed by atoms with van der Waals surface area (Å²) in [5, 5.41) is 20.5. The van der Waals surface area contributed by atoms with E-state index in [1.165, 1.54) is 34.7 Å². The molecule has 1 N–H and O–H groups in total. The van der Waals surface area contributed by atoms with Gasteiger partial charge in [0, 0.05) is 18.3 Å². The molecule has 0 aliphatic carbocycles. The molecule has 0 amide bonds. The SMILES string of the molecule is Cc1cccn2c(=O)cc(/C(Cl)=C/c3ccc(O)c([N+](=O)[O-])c3)nc12. The summed E-state index contributed by atoms with van der Waals surface area (Å²) in [4.78, 5) is 26.8. The molecule has 0 aliphatic heterocycles. The summed E-state index contributed by atoms with van der Waals surface area (Å²) in [6, 6.07) is 8.74. The largest absolute Gasteiger partial charge is 0.502 e. The number of phenolic OH excluding ortho intramolecular Hbond substituents is 1. The maximum Gasteiger partial charge on any atom is 0.311 e. The minimum Gasteiger partial charge on any atom is -0.502 e. The van der Waals surface area contributed by atoms with Gasteiger partial charge in [0.25, 0.3) is 5.56 Å². The Morgan fingerprint density at radius 2 is 2.12 bits per heavy atom. The molecule has 0 unspecified atom stereocenters. The molecule has 0 saturated carbocycles. The van der Waals surface area contributed by atoms with Crippen LogP contribution in [0.1, 0.15) is 16.8 Å². The highest BCUT2D eigenvalue weighted by atomic mass is 35.5. The number of nitro groups is 1. The Bertz CT molecular complexity index is 1090. The van der Waals surface area contributed by atoms with E-state index >= 15 is 0 Å². The monoisotopic (exact) mass is 357 g/mol. The quantitative estimate of drug-likeness (QED) is 0.572. The molecule has 0 fully saturated rings. The van der Waals surface area contributed by atoms with E-state index in [1.54, 1.807) is 12.3 Å². The molecule has 25 heavy (non-hydrogen) atoms. The first-order valence-electron chi connectivity index (χ1n) is 7.21. The van der Waals surface area contributed by atoms with Crippen LogP contribution < -0.4 is 5.56 Å². The van der Waals surface area contributed by atoms with Crippen molar-refractivity contribution < 1.29 is 10.0 Å². The first kappa shape index (κ1) is 16.7. The van der Waals surface area contributed by atoms with Crippen LogP contribution in [0.2, 0.25) is 0 Å². The highest BCUT2D eigenvalue weighted by Gasteiger charge is 2.14. The van der Waals surface area contributed by atoms with Crippen LogP contribution in [0.25, 0.3) is 16.8 Å². The Morgan fingerprint density at radius 1 is 1.36 bits per heavy atom. The van der Waals surface area contributed by atoms with Crippen LogP contribution in [0.4, 0.5) is 5.69 Å². The van der Waals surface area contributed by atoms with Crippen molar-refractivity contribution in [3.05, 3.63) is 79.9 Å². The van der Waals surface area contributed by atoms with Crippen LogP contribution in [-0.2, 0) is 0 Å². The number of nitro benzene ring substituents is 1. The number of hydrogen-bond acceptors (Lipinski definition) is 5. The Balaban J connectivity index is 2.11. The molecule has 0 saturated heterocycles. The average Bonchev–Trinajstić information content (AvgIpc) is 2.57. The summed E-state index contributed by atoms with van der Waals surface area (Å²) in [5.41, 5.74) is 1.24. The molecule has 2 aromatic heterocycles. The van der Waals surface area contributed by atoms with Gasteiger partial charge in [0.2, 0.25) is 0 Å². The van der Waals surface area contributed by atoms with Crippen molar-refractivity contribution in [3.63, 3.8) is 0 Å². The zero-order valence-corrected chi connectivity index (χ0v) is 13.8. The average molecular weight is 358 g/mol. The maximum absolute atomic E-state index is 12.2. The Hall–Kier alpha value is -3.19. The van der Waals surface area contributed by atoms with Gasteiger partial charge in [0.05, 0.1) is 15.6 Å². The third-order valence-corrected chi connectivity index (χ3v) is 3.92. The van der Waals surface area contributed by atoms with Crippen molar-refractivity contribution >= 4 is 34.0 Å². The van der Waals surface area contributed by atoms with Gasteiger partial charge < -0.3 is 5.11 Å². The molecule has 0 aliphatic rings. The fraction of sp³-hybridized carbons (Fsp3) is 0.0588. The molecule has 3 aromatic rings. The van der Waals surface area contributed by atoms with Gasteiger partial charge in [-0.1, -0.05) is 23.7 Å². The van der Waals surface area contributed by atoms with Gasteiger partial charge in [-0.25, -0.2) is 4.98 Å². The lowest BCUT2D eigenvalue weighted by Crippen LogP contribution is -2.15. The van der Waals surface area contributed by atoms with Crippen molar-refractivity contribution in [1.82, 2.24) is 9.38 Å². The van der Waals surface area contributed by atoms with E-state index in [0.29, 0.717) is 11.2 Å². The highest BCUT2D eigenvalue weighted by Crippen LogP contribution is 2.29. The first-order chi connectivity index (χ1) is 11.9. The van der Waals surface area contributed by atoms with Crippen LogP contribution in [0.3, 0.4) is 0 Å². The Labute approximate surface area is 146 Å². The predicted molar refractivity (Wildman–Crippen MR) is 94.7 cm³/mol. The zero-order valence-electron chi connectivity index (χ0n) is 13.0. The zero-order chi connectivity index (χ0) is 18.1. The molecule has 0 bridgehead atoms. The fourth-order valence-electron chi connectivity index (χ4n) is 2.38. The lowest BCUT2D eigenvalue weighted by Gasteiger charge is -2.06. The van der Waals surface area contributed by atoms with Crippen molar-refractivity contribution in [1.29, 1.82) is 0 Å². The molecule has 3 rings (SSSR count). The number of aryl methyl sites for hydroxylation is 1. The van der Waals surface area contributed by atoms with E-state index in [0.717, 1.165) is 5.56 Å². The van der Waals surface area contributed by atoms with E-state index in [-0.39, 0.29) is 16.3 Å². The van der Waals surface area contributed by atoms with Crippen molar-refractivity contribution in [2.45, 2.75) is 6.92 Å². The van der Waals surface area contributed by atoms with Crippen LogP contribution in [0.5, 0.6) is 5.75 Å². The summed E-state index contributed by atoms with van der Waals surface area (Å²) < 4.78 is 1.41. The first-order valence-corrected chi connectivity index (χ1v) is 7.58. The van der Waals surface area contributed by atoms with Crippen molar-refractivity contribution in [2.75, 3.05) is 0 Å². The second-order valence-corrected chi connectivity index (χ2v) is 5.77. The number of phenols is 1. The lowest BCUT2D eigenvalue weighted by molar-refractivity contribution is -0.385. The van der Waals surface area contributed by atoms with Crippen LogP contribution in [0.15, 0.2) is 47.4 Å². The molecule has 0 spiro atoms. The number of pyridine rings is 1. The molecule has 1 aromatic carbocycles. The molecule has 8 heteroatoms. The summed E-state index contributed by atoms with van der Waals surface area (Å²) in [5.74, 6) is -0.434. The minimum absolute atomic E-state index is 0.155. The summed E-state index contributed by atoms with van der Waals surface area (Å²) >= 11 is 6.26. The smallest absolute Gasteiger partial charge is 0.311 e. The van der Waals surface area contributed by atoms with E-state index < -0.39 is 16.4 Å². The van der Waals surface area contributed by atoms with Gasteiger partial charge in [0.15, 0.2) is 5.75 Å². The van der Waals surface area contributed by atoms with Crippen molar-refractivity contribution in [2.24, 2.45) is 0 Å². The molecule has 0 radical (unpaired) electrons. The standard InChI is InChI=1S/C17H12ClN3O4/c1-10-3-2-6-20-16(23)9-13(19-17(10)20)12(18)7-11-4-5-15(22)14(8-11)21(24)25/h2-9,22H,1H3/b12-7-. The minimum atomic E-state index is -0.690. The number of fused-ring (bicyclic) bond motifs is 1. The fourth-order valence-corrected chi connectivity index (χ4v) is 2.60. The summed E-state index contributed by atoms with van der Waals surface area (Å²) in [6.45, 7) is 1.83. The summed E-state index contributed by atoms with van der Waals surface area (Å²) in [7, 11) is 0. The third kappa shape index (κ3) is 3.22. The second-order valence-electron chi connectivity index (χ2n) is 5.36. The summed E-state index contributed by atoms with van der Waals surface area (Å²) in [6.07, 6.45) is 3.06. The Morgan fingerprint density at radius 3 is 2.84 bits per heavy atom. The molecule has 126 valence electrons. The number of aromatic nitrogens is 2. The lowest BCUT2D eigenvalue weighted by atomic mass is 10.1. The van der Waals surface area contributed by atoms with Gasteiger partial charge in [-0.2, -0.15) is 0 Å². The number of aromatic hydroxyl groups is 1. The van der Waals surface area contributed by atoms with Gasteiger partial charge in [-0.15, -0.1) is 0 Å². The van der Waals surface area contributed by atoms with Gasteiger partial charge in [-0.05, 0) is 36.3 Å². The molecule has 7 nitrogen and oxygen atoms in total. The number of rotatable bonds is 3. The van der Waals surface area contributed by atoms with E-state index in [9.17, 15) is 20.0 Å². The molecular formula is C17H12ClN3O4. The predicted octanol–water partition coefficient (Wildman–Crippen LogP) is 3.35. The van der Waals surface area contributed by atoms with Gasteiger partial charge in [-0.3, -0.25) is 19.3 Å². The Kier molecular flexibility index (Phi) is 4.24. The van der Waals surface area contributed by atoms with E-state index in [2.05, 4.69) is 4.98 Å². The second kappa shape index (κ2) is 6.37. The van der Waals surface area contributed by atoms with Crippen LogP contribution in [0, 0.1) is 17.0 Å². The van der Waals surface area contributed by atoms with Crippen molar-refractivity contribution in [3.8, 4) is 5.75 Å². The van der Waals surface area contributed by atoms with Crippen LogP contribution in [-0.4, -0.2) is 19.4 Å².